The van der Waals surface area contributed by atoms with E-state index in [1.54, 1.807) is 18.2 Å². The van der Waals surface area contributed by atoms with Crippen LogP contribution in [0.15, 0.2) is 44.4 Å². The minimum absolute atomic E-state index is 0.303. The van der Waals surface area contributed by atoms with Crippen LogP contribution < -0.4 is 10.0 Å². The lowest BCUT2D eigenvalue weighted by Crippen LogP contribution is -2.23. The van der Waals surface area contributed by atoms with E-state index in [-0.39, 0.29) is 0 Å². The molecule has 1 fully saturated rings. The molecule has 3 rings (SSSR count). The van der Waals surface area contributed by atoms with Crippen LogP contribution in [0.4, 0.5) is 11.4 Å². The first kappa shape index (κ1) is 16.8. The second kappa shape index (κ2) is 7.23. The highest BCUT2D eigenvalue weighted by Gasteiger charge is 2.19. The number of para-hydroxylation sites is 2. The van der Waals surface area contributed by atoms with Crippen LogP contribution in [-0.4, -0.2) is 14.5 Å². The van der Waals surface area contributed by atoms with Crippen molar-refractivity contribution < 1.29 is 8.42 Å². The van der Waals surface area contributed by atoms with Crippen LogP contribution in [0.3, 0.4) is 0 Å². The summed E-state index contributed by atoms with van der Waals surface area (Å²) in [5.41, 5.74) is 1.45. The fourth-order valence-corrected chi connectivity index (χ4v) is 5.89. The standard InChI is InChI=1S/C16H19BrN2O2S2/c17-15-10-11-16(22-15)23(20,21)19-14-9-5-4-8-13(14)18-12-6-2-1-3-7-12/h4-5,8-12,18-19H,1-3,6-7H2. The summed E-state index contributed by atoms with van der Waals surface area (Å²) in [7, 11) is -3.56. The van der Waals surface area contributed by atoms with E-state index in [0.717, 1.165) is 22.3 Å². The van der Waals surface area contributed by atoms with Crippen LogP contribution >= 0.6 is 27.3 Å². The Balaban J connectivity index is 1.80. The van der Waals surface area contributed by atoms with Gasteiger partial charge in [-0.2, -0.15) is 0 Å². The van der Waals surface area contributed by atoms with Crippen molar-refractivity contribution in [2.45, 2.75) is 42.4 Å². The number of anilines is 2. The molecule has 23 heavy (non-hydrogen) atoms. The van der Waals surface area contributed by atoms with Gasteiger partial charge in [-0.1, -0.05) is 31.4 Å². The van der Waals surface area contributed by atoms with Gasteiger partial charge in [-0.15, -0.1) is 11.3 Å². The van der Waals surface area contributed by atoms with Gasteiger partial charge in [0, 0.05) is 6.04 Å². The van der Waals surface area contributed by atoms with E-state index in [9.17, 15) is 8.42 Å². The van der Waals surface area contributed by atoms with Crippen molar-refractivity contribution in [2.24, 2.45) is 0 Å². The number of rotatable bonds is 5. The van der Waals surface area contributed by atoms with Gasteiger partial charge >= 0.3 is 0 Å². The van der Waals surface area contributed by atoms with Gasteiger partial charge < -0.3 is 5.32 Å². The van der Waals surface area contributed by atoms with Crippen LogP contribution in [0, 0.1) is 0 Å². The van der Waals surface area contributed by atoms with Crippen molar-refractivity contribution in [3.05, 3.63) is 40.2 Å². The zero-order chi connectivity index (χ0) is 16.3. The molecular weight excluding hydrogens is 396 g/mol. The zero-order valence-corrected chi connectivity index (χ0v) is 15.8. The summed E-state index contributed by atoms with van der Waals surface area (Å²) in [5.74, 6) is 0. The first-order valence-electron chi connectivity index (χ1n) is 7.68. The van der Waals surface area contributed by atoms with Gasteiger partial charge in [-0.05, 0) is 53.0 Å². The van der Waals surface area contributed by atoms with Crippen molar-refractivity contribution in [2.75, 3.05) is 10.0 Å². The minimum Gasteiger partial charge on any atom is -0.381 e. The first-order chi connectivity index (χ1) is 11.0. The summed E-state index contributed by atoms with van der Waals surface area (Å²) in [6.45, 7) is 0. The average Bonchev–Trinajstić information content (AvgIpc) is 2.98. The largest absolute Gasteiger partial charge is 0.381 e. The first-order valence-corrected chi connectivity index (χ1v) is 10.8. The second-order valence-electron chi connectivity index (χ2n) is 5.69. The van der Waals surface area contributed by atoms with Crippen molar-refractivity contribution in [1.29, 1.82) is 0 Å². The third-order valence-corrected chi connectivity index (χ3v) is 7.43. The Kier molecular flexibility index (Phi) is 5.28. The minimum atomic E-state index is -3.56. The van der Waals surface area contributed by atoms with E-state index in [4.69, 9.17) is 0 Å². The third kappa shape index (κ3) is 4.28. The summed E-state index contributed by atoms with van der Waals surface area (Å²) in [6, 6.07) is 11.3. The molecule has 0 spiro atoms. The average molecular weight is 415 g/mol. The monoisotopic (exact) mass is 414 g/mol. The smallest absolute Gasteiger partial charge is 0.271 e. The molecule has 0 saturated heterocycles. The number of sulfonamides is 1. The number of hydrogen-bond acceptors (Lipinski definition) is 4. The summed E-state index contributed by atoms with van der Waals surface area (Å²) in [6.07, 6.45) is 6.03. The van der Waals surface area contributed by atoms with E-state index in [1.165, 1.54) is 30.6 Å². The number of nitrogens with one attached hydrogen (secondary N) is 2. The van der Waals surface area contributed by atoms with E-state index in [2.05, 4.69) is 26.0 Å². The van der Waals surface area contributed by atoms with Crippen LogP contribution in [0.5, 0.6) is 0 Å². The van der Waals surface area contributed by atoms with Gasteiger partial charge in [0.15, 0.2) is 0 Å². The molecule has 1 heterocycles. The molecule has 4 nitrogen and oxygen atoms in total. The molecular formula is C16H19BrN2O2S2. The Morgan fingerprint density at radius 2 is 1.70 bits per heavy atom. The predicted molar refractivity (Wildman–Crippen MR) is 99.8 cm³/mol. The molecule has 1 aromatic carbocycles. The third-order valence-electron chi connectivity index (χ3n) is 3.95. The van der Waals surface area contributed by atoms with Crippen molar-refractivity contribution in [3.63, 3.8) is 0 Å². The molecule has 0 unspecified atom stereocenters. The van der Waals surface area contributed by atoms with Crippen molar-refractivity contribution in [3.8, 4) is 0 Å². The summed E-state index contributed by atoms with van der Waals surface area (Å²) >= 11 is 4.51. The molecule has 1 saturated carbocycles. The van der Waals surface area contributed by atoms with Crippen LogP contribution in [0.1, 0.15) is 32.1 Å². The lowest BCUT2D eigenvalue weighted by Gasteiger charge is -2.25. The molecule has 0 radical (unpaired) electrons. The highest BCUT2D eigenvalue weighted by molar-refractivity contribution is 9.11. The lowest BCUT2D eigenvalue weighted by atomic mass is 9.95. The Morgan fingerprint density at radius 3 is 2.35 bits per heavy atom. The van der Waals surface area contributed by atoms with Gasteiger partial charge in [0.2, 0.25) is 0 Å². The molecule has 0 bridgehead atoms. The maximum atomic E-state index is 12.5. The topological polar surface area (TPSA) is 58.2 Å². The highest BCUT2D eigenvalue weighted by atomic mass is 79.9. The molecule has 1 aromatic heterocycles. The number of halogens is 1. The Hall–Kier alpha value is -1.05. The van der Waals surface area contributed by atoms with E-state index in [0.29, 0.717) is 15.9 Å². The Morgan fingerprint density at radius 1 is 1.00 bits per heavy atom. The number of hydrogen-bond donors (Lipinski definition) is 2. The highest BCUT2D eigenvalue weighted by Crippen LogP contribution is 2.31. The molecule has 124 valence electrons. The predicted octanol–water partition coefficient (Wildman–Crippen LogP) is 5.06. The van der Waals surface area contributed by atoms with Gasteiger partial charge in [0.25, 0.3) is 10.0 Å². The van der Waals surface area contributed by atoms with Crippen molar-refractivity contribution in [1.82, 2.24) is 0 Å². The summed E-state index contributed by atoms with van der Waals surface area (Å²) < 4.78 is 28.8. The summed E-state index contributed by atoms with van der Waals surface area (Å²) in [4.78, 5) is 0. The second-order valence-corrected chi connectivity index (χ2v) is 10.1. The molecule has 1 aliphatic rings. The quantitative estimate of drug-likeness (QED) is 0.718. The van der Waals surface area contributed by atoms with Crippen LogP contribution in [0.2, 0.25) is 0 Å². The maximum absolute atomic E-state index is 12.5. The summed E-state index contributed by atoms with van der Waals surface area (Å²) in [5, 5.41) is 3.50. The Bertz CT molecular complexity index is 768. The lowest BCUT2D eigenvalue weighted by molar-refractivity contribution is 0.463. The fraction of sp³-hybridized carbons (Fsp3) is 0.375. The molecule has 0 atom stereocenters. The number of benzene rings is 1. The van der Waals surface area contributed by atoms with Gasteiger partial charge in [0.1, 0.15) is 4.21 Å². The van der Waals surface area contributed by atoms with Crippen LogP contribution in [-0.2, 0) is 10.0 Å². The van der Waals surface area contributed by atoms with Gasteiger partial charge in [-0.25, -0.2) is 8.42 Å². The SMILES string of the molecule is O=S(=O)(Nc1ccccc1NC1CCCCC1)c1ccc(Br)s1. The molecule has 1 aliphatic carbocycles. The molecule has 2 N–H and O–H groups in total. The molecule has 2 aromatic rings. The van der Waals surface area contributed by atoms with Gasteiger partial charge in [0.05, 0.1) is 15.2 Å². The normalized spacial score (nSPS) is 16.2. The van der Waals surface area contributed by atoms with E-state index < -0.39 is 10.0 Å². The Labute approximate surface area is 149 Å². The fourth-order valence-electron chi connectivity index (χ4n) is 2.80. The maximum Gasteiger partial charge on any atom is 0.271 e. The number of thiophene rings is 1. The van der Waals surface area contributed by atoms with Crippen LogP contribution in [0.25, 0.3) is 0 Å². The molecule has 0 amide bonds. The van der Waals surface area contributed by atoms with Gasteiger partial charge in [-0.3, -0.25) is 4.72 Å². The van der Waals surface area contributed by atoms with Crippen molar-refractivity contribution >= 4 is 48.7 Å². The molecule has 7 heteroatoms. The molecule has 0 aliphatic heterocycles. The van der Waals surface area contributed by atoms with E-state index >= 15 is 0 Å². The zero-order valence-electron chi connectivity index (χ0n) is 12.6. The van der Waals surface area contributed by atoms with E-state index in [1.807, 2.05) is 18.2 Å².